The van der Waals surface area contributed by atoms with Gasteiger partial charge >= 0.3 is 0 Å². The molecule has 1 aliphatic carbocycles. The molecule has 0 amide bonds. The molecule has 1 aromatic rings. The van der Waals surface area contributed by atoms with Crippen LogP contribution in [0.25, 0.3) is 0 Å². The Bertz CT molecular complexity index is 442. The van der Waals surface area contributed by atoms with E-state index in [2.05, 4.69) is 10.2 Å². The number of nitrogens with one attached hydrogen (secondary N) is 1. The van der Waals surface area contributed by atoms with Crippen molar-refractivity contribution in [3.8, 4) is 0 Å². The van der Waals surface area contributed by atoms with Crippen LogP contribution in [0.4, 0.5) is 4.39 Å². The van der Waals surface area contributed by atoms with Gasteiger partial charge in [-0.15, -0.1) is 12.4 Å². The van der Waals surface area contributed by atoms with Crippen molar-refractivity contribution in [3.63, 3.8) is 0 Å². The van der Waals surface area contributed by atoms with E-state index in [0.717, 1.165) is 50.9 Å². The third kappa shape index (κ3) is 4.92. The summed E-state index contributed by atoms with van der Waals surface area (Å²) in [5.41, 5.74) is 1.05. The van der Waals surface area contributed by atoms with Crippen LogP contribution in [0.3, 0.4) is 0 Å². The molecule has 21 heavy (non-hydrogen) atoms. The second kappa shape index (κ2) is 8.08. The van der Waals surface area contributed by atoms with Gasteiger partial charge in [-0.1, -0.05) is 12.1 Å². The summed E-state index contributed by atoms with van der Waals surface area (Å²) in [5.74, 6) is 0.662. The molecule has 2 aliphatic rings. The number of hydrogen-bond donors (Lipinski definition) is 1. The number of piperazine rings is 1. The van der Waals surface area contributed by atoms with E-state index in [1.165, 1.54) is 18.9 Å². The summed E-state index contributed by atoms with van der Waals surface area (Å²) in [7, 11) is 0. The Balaban J connectivity index is 0.00000161. The van der Waals surface area contributed by atoms with Gasteiger partial charge in [-0.3, -0.25) is 4.90 Å². The van der Waals surface area contributed by atoms with E-state index in [1.807, 2.05) is 6.07 Å². The van der Waals surface area contributed by atoms with Gasteiger partial charge in [-0.05, 0) is 36.5 Å². The molecule has 118 valence electrons. The van der Waals surface area contributed by atoms with Gasteiger partial charge in [-0.2, -0.15) is 0 Å². The van der Waals surface area contributed by atoms with E-state index < -0.39 is 0 Å². The molecule has 0 aromatic heterocycles. The van der Waals surface area contributed by atoms with Crippen molar-refractivity contribution in [1.29, 1.82) is 0 Å². The molecule has 0 bridgehead atoms. The maximum absolute atomic E-state index is 13.4. The van der Waals surface area contributed by atoms with Gasteiger partial charge in [0, 0.05) is 38.8 Å². The number of halogens is 2. The van der Waals surface area contributed by atoms with Crippen LogP contribution in [-0.2, 0) is 4.74 Å². The Morgan fingerprint density at radius 3 is 2.95 bits per heavy atom. The molecule has 1 N–H and O–H groups in total. The number of benzene rings is 1. The molecular formula is C16H24ClFN2O. The predicted molar refractivity (Wildman–Crippen MR) is 84.4 cm³/mol. The highest BCUT2D eigenvalue weighted by atomic mass is 35.5. The van der Waals surface area contributed by atoms with Gasteiger partial charge in [-0.25, -0.2) is 4.39 Å². The number of nitrogens with zero attached hydrogens (tertiary/aromatic N) is 1. The Labute approximate surface area is 132 Å². The standard InChI is InChI=1S/C16H23FN2O.ClH/c17-15-3-1-2-14(10-15)16-11-18-6-7-19(16)8-9-20-12-13-4-5-13;/h1-3,10,13,16,18H,4-9,11-12H2;1H. The van der Waals surface area contributed by atoms with Crippen molar-refractivity contribution >= 4 is 12.4 Å². The zero-order valence-electron chi connectivity index (χ0n) is 12.3. The first kappa shape index (κ1) is 16.7. The summed E-state index contributed by atoms with van der Waals surface area (Å²) in [6, 6.07) is 7.21. The maximum Gasteiger partial charge on any atom is 0.123 e. The molecule has 3 nitrogen and oxygen atoms in total. The van der Waals surface area contributed by atoms with Crippen LogP contribution in [0.15, 0.2) is 24.3 Å². The monoisotopic (exact) mass is 314 g/mol. The molecule has 1 saturated heterocycles. The lowest BCUT2D eigenvalue weighted by Gasteiger charge is -2.36. The second-order valence-corrected chi connectivity index (χ2v) is 5.83. The molecule has 1 atom stereocenters. The molecule has 1 unspecified atom stereocenters. The van der Waals surface area contributed by atoms with Gasteiger partial charge < -0.3 is 10.1 Å². The Hall–Kier alpha value is -0.680. The second-order valence-electron chi connectivity index (χ2n) is 5.83. The van der Waals surface area contributed by atoms with Crippen LogP contribution >= 0.6 is 12.4 Å². The summed E-state index contributed by atoms with van der Waals surface area (Å²) in [4.78, 5) is 2.40. The van der Waals surface area contributed by atoms with Gasteiger partial charge in [0.2, 0.25) is 0 Å². The quantitative estimate of drug-likeness (QED) is 0.817. The van der Waals surface area contributed by atoms with Gasteiger partial charge in [0.15, 0.2) is 0 Å². The first-order chi connectivity index (χ1) is 9.83. The van der Waals surface area contributed by atoms with Crippen LogP contribution in [0.2, 0.25) is 0 Å². The van der Waals surface area contributed by atoms with Crippen LogP contribution in [0.1, 0.15) is 24.4 Å². The highest BCUT2D eigenvalue weighted by molar-refractivity contribution is 5.85. The van der Waals surface area contributed by atoms with Crippen molar-refractivity contribution < 1.29 is 9.13 Å². The zero-order valence-corrected chi connectivity index (χ0v) is 13.1. The molecule has 1 aliphatic heterocycles. The molecule has 0 radical (unpaired) electrons. The van der Waals surface area contributed by atoms with Crippen LogP contribution in [-0.4, -0.2) is 44.3 Å². The predicted octanol–water partition coefficient (Wildman–Crippen LogP) is 2.62. The highest BCUT2D eigenvalue weighted by Crippen LogP contribution is 2.29. The van der Waals surface area contributed by atoms with E-state index in [4.69, 9.17) is 4.74 Å². The summed E-state index contributed by atoms with van der Waals surface area (Å²) in [6.07, 6.45) is 2.67. The first-order valence-electron chi connectivity index (χ1n) is 7.61. The van der Waals surface area contributed by atoms with E-state index in [0.29, 0.717) is 0 Å². The minimum atomic E-state index is -0.155. The summed E-state index contributed by atoms with van der Waals surface area (Å²) < 4.78 is 19.1. The van der Waals surface area contributed by atoms with Crippen LogP contribution < -0.4 is 5.32 Å². The third-order valence-electron chi connectivity index (χ3n) is 4.16. The normalized spacial score (nSPS) is 22.8. The van der Waals surface area contributed by atoms with Crippen molar-refractivity contribution in [3.05, 3.63) is 35.6 Å². The first-order valence-corrected chi connectivity index (χ1v) is 7.61. The van der Waals surface area contributed by atoms with Crippen molar-refractivity contribution in [2.45, 2.75) is 18.9 Å². The molecule has 1 saturated carbocycles. The minimum absolute atomic E-state index is 0. The number of rotatable bonds is 6. The lowest BCUT2D eigenvalue weighted by Crippen LogP contribution is -2.47. The van der Waals surface area contributed by atoms with Crippen LogP contribution in [0, 0.1) is 11.7 Å². The van der Waals surface area contributed by atoms with Crippen molar-refractivity contribution in [1.82, 2.24) is 10.2 Å². The fourth-order valence-electron chi connectivity index (χ4n) is 2.77. The summed E-state index contributed by atoms with van der Waals surface area (Å²) >= 11 is 0. The van der Waals surface area contributed by atoms with E-state index >= 15 is 0 Å². The molecule has 5 heteroatoms. The minimum Gasteiger partial charge on any atom is -0.380 e. The van der Waals surface area contributed by atoms with Gasteiger partial charge in [0.25, 0.3) is 0 Å². The van der Waals surface area contributed by atoms with Gasteiger partial charge in [0.05, 0.1) is 6.61 Å². The van der Waals surface area contributed by atoms with Crippen molar-refractivity contribution in [2.75, 3.05) is 39.4 Å². The Kier molecular flexibility index (Phi) is 6.42. The lowest BCUT2D eigenvalue weighted by atomic mass is 10.0. The number of hydrogen-bond acceptors (Lipinski definition) is 3. The zero-order chi connectivity index (χ0) is 13.8. The fourth-order valence-corrected chi connectivity index (χ4v) is 2.77. The molecule has 0 spiro atoms. The Morgan fingerprint density at radius 1 is 1.33 bits per heavy atom. The molecule has 2 fully saturated rings. The fraction of sp³-hybridized carbons (Fsp3) is 0.625. The number of ether oxygens (including phenoxy) is 1. The van der Waals surface area contributed by atoms with Gasteiger partial charge in [0.1, 0.15) is 5.82 Å². The highest BCUT2D eigenvalue weighted by Gasteiger charge is 2.24. The Morgan fingerprint density at radius 2 is 2.19 bits per heavy atom. The summed E-state index contributed by atoms with van der Waals surface area (Å²) in [6.45, 7) is 5.49. The smallest absolute Gasteiger partial charge is 0.123 e. The SMILES string of the molecule is Cl.Fc1cccc(C2CNCCN2CCOCC2CC2)c1. The van der Waals surface area contributed by atoms with E-state index in [1.54, 1.807) is 12.1 Å². The largest absolute Gasteiger partial charge is 0.380 e. The average Bonchev–Trinajstić information content (AvgIpc) is 3.28. The molecular weight excluding hydrogens is 291 g/mol. The van der Waals surface area contributed by atoms with Crippen molar-refractivity contribution in [2.24, 2.45) is 5.92 Å². The van der Waals surface area contributed by atoms with Crippen LogP contribution in [0.5, 0.6) is 0 Å². The van der Waals surface area contributed by atoms with E-state index in [9.17, 15) is 4.39 Å². The summed E-state index contributed by atoms with van der Waals surface area (Å²) in [5, 5.41) is 3.40. The topological polar surface area (TPSA) is 24.5 Å². The maximum atomic E-state index is 13.4. The molecule has 3 rings (SSSR count). The average molecular weight is 315 g/mol. The molecule has 1 heterocycles. The van der Waals surface area contributed by atoms with E-state index in [-0.39, 0.29) is 24.3 Å². The third-order valence-corrected chi connectivity index (χ3v) is 4.16. The lowest BCUT2D eigenvalue weighted by molar-refractivity contribution is 0.0715. The molecule has 1 aromatic carbocycles.